The summed E-state index contributed by atoms with van der Waals surface area (Å²) in [5, 5.41) is 0. The third-order valence-electron chi connectivity index (χ3n) is 3.85. The van der Waals surface area contributed by atoms with Crippen molar-refractivity contribution in [1.82, 2.24) is 0 Å². The molecule has 0 heteroatoms. The molecule has 2 aliphatic rings. The zero-order valence-electron chi connectivity index (χ0n) is 7.73. The van der Waals surface area contributed by atoms with Gasteiger partial charge in [0, 0.05) is 0 Å². The maximum atomic E-state index is 2.33. The van der Waals surface area contributed by atoms with E-state index in [2.05, 4.69) is 6.92 Å². The first kappa shape index (κ1) is 7.64. The second-order valence-corrected chi connectivity index (χ2v) is 4.61. The fourth-order valence-electron chi connectivity index (χ4n) is 3.06. The summed E-state index contributed by atoms with van der Waals surface area (Å²) >= 11 is 0. The van der Waals surface area contributed by atoms with Crippen LogP contribution in [0.1, 0.15) is 58.3 Å². The van der Waals surface area contributed by atoms with Crippen LogP contribution in [0.3, 0.4) is 0 Å². The Kier molecular flexibility index (Phi) is 1.95. The second kappa shape index (κ2) is 2.80. The van der Waals surface area contributed by atoms with Crippen LogP contribution in [0.25, 0.3) is 0 Å². The van der Waals surface area contributed by atoms with Crippen molar-refractivity contribution in [2.24, 2.45) is 11.3 Å². The lowest BCUT2D eigenvalue weighted by molar-refractivity contribution is 0.302. The fourth-order valence-corrected chi connectivity index (χ4v) is 3.06. The Morgan fingerprint density at radius 2 is 1.91 bits per heavy atom. The minimum atomic E-state index is 0.897. The van der Waals surface area contributed by atoms with E-state index in [9.17, 15) is 0 Å². The molecule has 0 N–H and O–H groups in total. The molecule has 2 rings (SSSR count). The van der Waals surface area contributed by atoms with E-state index in [0.29, 0.717) is 0 Å². The van der Waals surface area contributed by atoms with E-state index >= 15 is 0 Å². The van der Waals surface area contributed by atoms with Gasteiger partial charge in [0.1, 0.15) is 0 Å². The molecule has 0 heterocycles. The molecule has 2 aliphatic carbocycles. The lowest BCUT2D eigenvalue weighted by atomic mass is 9.84. The van der Waals surface area contributed by atoms with Gasteiger partial charge in [0.2, 0.25) is 0 Å². The van der Waals surface area contributed by atoms with E-state index in [1.54, 1.807) is 19.3 Å². The minimum Gasteiger partial charge on any atom is -0.0654 e. The lowest BCUT2D eigenvalue weighted by Gasteiger charge is -2.22. The first-order valence-corrected chi connectivity index (χ1v) is 5.37. The van der Waals surface area contributed by atoms with E-state index in [4.69, 9.17) is 0 Å². The Hall–Kier alpha value is 0. The summed E-state index contributed by atoms with van der Waals surface area (Å²) in [6.07, 6.45) is 12.2. The highest BCUT2D eigenvalue weighted by molar-refractivity contribution is 5.02. The smallest absolute Gasteiger partial charge is 0.0266 e. The maximum absolute atomic E-state index is 2.33. The van der Waals surface area contributed by atoms with E-state index < -0.39 is 0 Å². The molecule has 0 aromatic rings. The summed E-state index contributed by atoms with van der Waals surface area (Å²) < 4.78 is 0. The van der Waals surface area contributed by atoms with Gasteiger partial charge < -0.3 is 0 Å². The predicted molar refractivity (Wildman–Crippen MR) is 48.5 cm³/mol. The second-order valence-electron chi connectivity index (χ2n) is 4.61. The molecule has 2 saturated carbocycles. The number of hydrogen-bond acceptors (Lipinski definition) is 0. The normalized spacial score (nSPS) is 34.1. The Morgan fingerprint density at radius 1 is 1.18 bits per heavy atom. The SMILES string of the molecule is CCCC1CC12CCCCC2. The summed E-state index contributed by atoms with van der Waals surface area (Å²) in [4.78, 5) is 0. The average molecular weight is 152 g/mol. The molecule has 11 heavy (non-hydrogen) atoms. The van der Waals surface area contributed by atoms with Crippen LogP contribution in [0, 0.1) is 11.3 Å². The molecule has 2 fully saturated rings. The molecule has 1 spiro atoms. The standard InChI is InChI=1S/C11H20/c1-2-6-10-9-11(10)7-4-3-5-8-11/h10H,2-9H2,1H3. The highest BCUT2D eigenvalue weighted by Crippen LogP contribution is 2.62. The van der Waals surface area contributed by atoms with Crippen LogP contribution in [0.15, 0.2) is 0 Å². The van der Waals surface area contributed by atoms with Crippen LogP contribution in [-0.4, -0.2) is 0 Å². The predicted octanol–water partition coefficient (Wildman–Crippen LogP) is 3.76. The first-order chi connectivity index (χ1) is 5.37. The van der Waals surface area contributed by atoms with E-state index in [-0.39, 0.29) is 0 Å². The van der Waals surface area contributed by atoms with Gasteiger partial charge >= 0.3 is 0 Å². The van der Waals surface area contributed by atoms with Crippen molar-refractivity contribution in [3.8, 4) is 0 Å². The first-order valence-electron chi connectivity index (χ1n) is 5.37. The van der Waals surface area contributed by atoms with Crippen molar-refractivity contribution in [3.05, 3.63) is 0 Å². The van der Waals surface area contributed by atoms with Gasteiger partial charge in [0.15, 0.2) is 0 Å². The molecule has 0 radical (unpaired) electrons. The highest BCUT2D eigenvalue weighted by Gasteiger charge is 2.52. The lowest BCUT2D eigenvalue weighted by Crippen LogP contribution is -2.09. The van der Waals surface area contributed by atoms with Crippen molar-refractivity contribution in [1.29, 1.82) is 0 Å². The molecule has 1 atom stereocenters. The molecule has 0 aromatic heterocycles. The van der Waals surface area contributed by atoms with Gasteiger partial charge in [0.05, 0.1) is 0 Å². The van der Waals surface area contributed by atoms with Crippen LogP contribution in [0.2, 0.25) is 0 Å². The van der Waals surface area contributed by atoms with Gasteiger partial charge in [-0.15, -0.1) is 0 Å². The van der Waals surface area contributed by atoms with Crippen molar-refractivity contribution in [3.63, 3.8) is 0 Å². The molecule has 0 saturated heterocycles. The molecule has 0 bridgehead atoms. The number of rotatable bonds is 2. The Balaban J connectivity index is 1.84. The van der Waals surface area contributed by atoms with Crippen LogP contribution >= 0.6 is 0 Å². The third-order valence-corrected chi connectivity index (χ3v) is 3.85. The van der Waals surface area contributed by atoms with E-state index in [1.165, 1.54) is 32.1 Å². The van der Waals surface area contributed by atoms with Crippen molar-refractivity contribution in [2.45, 2.75) is 58.3 Å². The van der Waals surface area contributed by atoms with Gasteiger partial charge in [-0.3, -0.25) is 0 Å². The van der Waals surface area contributed by atoms with E-state index in [1.807, 2.05) is 0 Å². The molecule has 0 nitrogen and oxygen atoms in total. The van der Waals surface area contributed by atoms with Crippen LogP contribution < -0.4 is 0 Å². The summed E-state index contributed by atoms with van der Waals surface area (Å²) in [7, 11) is 0. The highest BCUT2D eigenvalue weighted by atomic mass is 14.6. The van der Waals surface area contributed by atoms with Crippen molar-refractivity contribution < 1.29 is 0 Å². The summed E-state index contributed by atoms with van der Waals surface area (Å²) in [6.45, 7) is 2.33. The maximum Gasteiger partial charge on any atom is -0.0266 e. The van der Waals surface area contributed by atoms with Crippen molar-refractivity contribution >= 4 is 0 Å². The zero-order chi connectivity index (χ0) is 7.73. The van der Waals surface area contributed by atoms with Gasteiger partial charge in [-0.25, -0.2) is 0 Å². The Bertz CT molecular complexity index is 131. The van der Waals surface area contributed by atoms with Gasteiger partial charge in [-0.05, 0) is 30.6 Å². The fraction of sp³-hybridized carbons (Fsp3) is 1.00. The average Bonchev–Trinajstić information content (AvgIpc) is 2.66. The van der Waals surface area contributed by atoms with Gasteiger partial charge in [0.25, 0.3) is 0 Å². The van der Waals surface area contributed by atoms with Crippen LogP contribution in [0.4, 0.5) is 0 Å². The topological polar surface area (TPSA) is 0 Å². The Labute approximate surface area is 70.4 Å². The molecule has 0 amide bonds. The zero-order valence-corrected chi connectivity index (χ0v) is 7.73. The van der Waals surface area contributed by atoms with Gasteiger partial charge in [-0.1, -0.05) is 39.0 Å². The Morgan fingerprint density at radius 3 is 2.55 bits per heavy atom. The molecule has 0 aromatic carbocycles. The summed E-state index contributed by atoms with van der Waals surface area (Å²) in [5.41, 5.74) is 0.897. The van der Waals surface area contributed by atoms with Crippen LogP contribution in [-0.2, 0) is 0 Å². The van der Waals surface area contributed by atoms with Crippen molar-refractivity contribution in [2.75, 3.05) is 0 Å². The van der Waals surface area contributed by atoms with Crippen LogP contribution in [0.5, 0.6) is 0 Å². The summed E-state index contributed by atoms with van der Waals surface area (Å²) in [5.74, 6) is 1.15. The van der Waals surface area contributed by atoms with E-state index in [0.717, 1.165) is 11.3 Å². The van der Waals surface area contributed by atoms with Gasteiger partial charge in [-0.2, -0.15) is 0 Å². The third kappa shape index (κ3) is 1.32. The molecule has 1 unspecified atom stereocenters. The number of hydrogen-bond donors (Lipinski definition) is 0. The summed E-state index contributed by atoms with van der Waals surface area (Å²) in [6, 6.07) is 0. The minimum absolute atomic E-state index is 0.897. The molecular weight excluding hydrogens is 132 g/mol. The molecular formula is C11H20. The quantitative estimate of drug-likeness (QED) is 0.565. The largest absolute Gasteiger partial charge is 0.0654 e. The molecule has 64 valence electrons. The molecule has 0 aliphatic heterocycles. The monoisotopic (exact) mass is 152 g/mol.